The SMILES string of the molecule is CCC1CCCCN1C(=O)Nc1ccccc1OC(C)C. The first-order chi connectivity index (χ1) is 10.1. The summed E-state index contributed by atoms with van der Waals surface area (Å²) in [5, 5.41) is 3.01. The van der Waals surface area contributed by atoms with Gasteiger partial charge in [-0.05, 0) is 51.7 Å². The zero-order valence-electron chi connectivity index (χ0n) is 13.3. The first-order valence-corrected chi connectivity index (χ1v) is 7.95. The molecule has 1 aliphatic rings. The standard InChI is InChI=1S/C17H26N2O2/c1-4-14-9-7-8-12-19(14)17(20)18-15-10-5-6-11-16(15)21-13(2)3/h5-6,10-11,13-14H,4,7-9,12H2,1-3H3,(H,18,20). The quantitative estimate of drug-likeness (QED) is 0.899. The number of amides is 2. The van der Waals surface area contributed by atoms with E-state index in [2.05, 4.69) is 12.2 Å². The molecule has 1 saturated heterocycles. The summed E-state index contributed by atoms with van der Waals surface area (Å²) in [5.74, 6) is 0.728. The van der Waals surface area contributed by atoms with Crippen LogP contribution in [0.5, 0.6) is 5.75 Å². The molecule has 0 aromatic heterocycles. The van der Waals surface area contributed by atoms with E-state index in [9.17, 15) is 4.79 Å². The summed E-state index contributed by atoms with van der Waals surface area (Å²) in [4.78, 5) is 14.5. The highest BCUT2D eigenvalue weighted by Crippen LogP contribution is 2.26. The van der Waals surface area contributed by atoms with E-state index in [4.69, 9.17) is 4.74 Å². The lowest BCUT2D eigenvalue weighted by Gasteiger charge is -2.35. The Kier molecular flexibility index (Phi) is 5.48. The van der Waals surface area contributed by atoms with Crippen LogP contribution < -0.4 is 10.1 Å². The van der Waals surface area contributed by atoms with Crippen molar-refractivity contribution in [3.05, 3.63) is 24.3 Å². The normalized spacial score (nSPS) is 18.7. The zero-order chi connectivity index (χ0) is 15.2. The van der Waals surface area contributed by atoms with Gasteiger partial charge in [-0.15, -0.1) is 0 Å². The van der Waals surface area contributed by atoms with Crippen molar-refractivity contribution < 1.29 is 9.53 Å². The van der Waals surface area contributed by atoms with Crippen molar-refractivity contribution in [1.29, 1.82) is 0 Å². The van der Waals surface area contributed by atoms with Crippen molar-refractivity contribution in [2.75, 3.05) is 11.9 Å². The van der Waals surface area contributed by atoms with Gasteiger partial charge < -0.3 is 15.0 Å². The lowest BCUT2D eigenvalue weighted by molar-refractivity contribution is 0.160. The van der Waals surface area contributed by atoms with Gasteiger partial charge in [0.05, 0.1) is 11.8 Å². The van der Waals surface area contributed by atoms with Gasteiger partial charge in [-0.1, -0.05) is 19.1 Å². The Hall–Kier alpha value is -1.71. The van der Waals surface area contributed by atoms with Crippen molar-refractivity contribution >= 4 is 11.7 Å². The molecule has 1 unspecified atom stereocenters. The van der Waals surface area contributed by atoms with Gasteiger partial charge in [-0.2, -0.15) is 0 Å². The number of nitrogens with one attached hydrogen (secondary N) is 1. The summed E-state index contributed by atoms with van der Waals surface area (Å²) in [6, 6.07) is 7.96. The number of rotatable bonds is 4. The Balaban J connectivity index is 2.08. The third kappa shape index (κ3) is 4.13. The topological polar surface area (TPSA) is 41.6 Å². The summed E-state index contributed by atoms with van der Waals surface area (Å²) in [5.41, 5.74) is 0.747. The van der Waals surface area contributed by atoms with Crippen molar-refractivity contribution in [3.8, 4) is 5.75 Å². The number of nitrogens with zero attached hydrogens (tertiary/aromatic N) is 1. The van der Waals surface area contributed by atoms with Crippen LogP contribution in [0, 0.1) is 0 Å². The van der Waals surface area contributed by atoms with Crippen LogP contribution in [0.1, 0.15) is 46.5 Å². The van der Waals surface area contributed by atoms with Crippen molar-refractivity contribution in [2.45, 2.75) is 58.6 Å². The highest BCUT2D eigenvalue weighted by molar-refractivity contribution is 5.91. The highest BCUT2D eigenvalue weighted by Gasteiger charge is 2.25. The second-order valence-electron chi connectivity index (χ2n) is 5.84. The number of carbonyl (C=O) groups is 1. The van der Waals surface area contributed by atoms with Gasteiger partial charge in [0, 0.05) is 12.6 Å². The molecular formula is C17H26N2O2. The molecule has 21 heavy (non-hydrogen) atoms. The molecule has 0 spiro atoms. The molecule has 1 aromatic rings. The molecule has 1 aromatic carbocycles. The highest BCUT2D eigenvalue weighted by atomic mass is 16.5. The van der Waals surface area contributed by atoms with E-state index in [1.165, 1.54) is 6.42 Å². The molecular weight excluding hydrogens is 264 g/mol. The zero-order valence-corrected chi connectivity index (χ0v) is 13.3. The summed E-state index contributed by atoms with van der Waals surface area (Å²) in [6.07, 6.45) is 4.51. The lowest BCUT2D eigenvalue weighted by Crippen LogP contribution is -2.45. The second kappa shape index (κ2) is 7.34. The van der Waals surface area contributed by atoms with Crippen LogP contribution in [-0.2, 0) is 0 Å². The van der Waals surface area contributed by atoms with Gasteiger partial charge in [0.25, 0.3) is 0 Å². The van der Waals surface area contributed by atoms with E-state index >= 15 is 0 Å². The molecule has 2 amide bonds. The van der Waals surface area contributed by atoms with Gasteiger partial charge in [-0.25, -0.2) is 4.79 Å². The third-order valence-electron chi connectivity index (χ3n) is 3.85. The number of urea groups is 1. The number of likely N-dealkylation sites (tertiary alicyclic amines) is 1. The molecule has 1 fully saturated rings. The average Bonchev–Trinajstić information content (AvgIpc) is 2.48. The Morgan fingerprint density at radius 1 is 1.38 bits per heavy atom. The van der Waals surface area contributed by atoms with Gasteiger partial charge in [0.1, 0.15) is 5.75 Å². The smallest absolute Gasteiger partial charge is 0.322 e. The molecule has 0 saturated carbocycles. The number of benzene rings is 1. The lowest BCUT2D eigenvalue weighted by atomic mass is 10.0. The van der Waals surface area contributed by atoms with Crippen LogP contribution >= 0.6 is 0 Å². The van der Waals surface area contributed by atoms with Gasteiger partial charge in [-0.3, -0.25) is 0 Å². The molecule has 2 rings (SSSR count). The number of para-hydroxylation sites is 2. The monoisotopic (exact) mass is 290 g/mol. The fourth-order valence-corrected chi connectivity index (χ4v) is 2.81. The maximum Gasteiger partial charge on any atom is 0.322 e. The maximum absolute atomic E-state index is 12.5. The second-order valence-corrected chi connectivity index (χ2v) is 5.84. The summed E-state index contributed by atoms with van der Waals surface area (Å²) in [7, 11) is 0. The Labute approximate surface area is 127 Å². The number of ether oxygens (including phenoxy) is 1. The van der Waals surface area contributed by atoms with Gasteiger partial charge >= 0.3 is 6.03 Å². The van der Waals surface area contributed by atoms with Gasteiger partial charge in [0.15, 0.2) is 0 Å². The molecule has 4 nitrogen and oxygen atoms in total. The minimum Gasteiger partial charge on any atom is -0.489 e. The Morgan fingerprint density at radius 3 is 2.86 bits per heavy atom. The number of hydrogen-bond donors (Lipinski definition) is 1. The fraction of sp³-hybridized carbons (Fsp3) is 0.588. The summed E-state index contributed by atoms with van der Waals surface area (Å²) in [6.45, 7) is 6.95. The molecule has 1 atom stereocenters. The Morgan fingerprint density at radius 2 is 2.14 bits per heavy atom. The molecule has 4 heteroatoms. The first kappa shape index (κ1) is 15.7. The van der Waals surface area contributed by atoms with E-state index in [-0.39, 0.29) is 12.1 Å². The molecule has 0 bridgehead atoms. The number of hydrogen-bond acceptors (Lipinski definition) is 2. The van der Waals surface area contributed by atoms with Crippen molar-refractivity contribution in [3.63, 3.8) is 0 Å². The fourth-order valence-electron chi connectivity index (χ4n) is 2.81. The molecule has 1 heterocycles. The molecule has 1 N–H and O–H groups in total. The number of piperidine rings is 1. The van der Waals surface area contributed by atoms with E-state index < -0.39 is 0 Å². The molecule has 0 aliphatic carbocycles. The van der Waals surface area contributed by atoms with Crippen LogP contribution in [0.3, 0.4) is 0 Å². The summed E-state index contributed by atoms with van der Waals surface area (Å²) < 4.78 is 5.75. The number of carbonyl (C=O) groups excluding carboxylic acids is 1. The van der Waals surface area contributed by atoms with Gasteiger partial charge in [0.2, 0.25) is 0 Å². The van der Waals surface area contributed by atoms with Crippen molar-refractivity contribution in [2.24, 2.45) is 0 Å². The molecule has 1 aliphatic heterocycles. The van der Waals surface area contributed by atoms with Crippen LogP contribution in [0.2, 0.25) is 0 Å². The predicted molar refractivity (Wildman–Crippen MR) is 85.9 cm³/mol. The van der Waals surface area contributed by atoms with Crippen LogP contribution in [0.25, 0.3) is 0 Å². The predicted octanol–water partition coefficient (Wildman–Crippen LogP) is 4.27. The largest absolute Gasteiger partial charge is 0.489 e. The third-order valence-corrected chi connectivity index (χ3v) is 3.85. The van der Waals surface area contributed by atoms with Crippen LogP contribution in [0.4, 0.5) is 10.5 Å². The first-order valence-electron chi connectivity index (χ1n) is 7.95. The number of anilines is 1. The molecule has 116 valence electrons. The van der Waals surface area contributed by atoms with E-state index in [0.29, 0.717) is 6.04 Å². The van der Waals surface area contributed by atoms with Crippen molar-refractivity contribution in [1.82, 2.24) is 4.90 Å². The summed E-state index contributed by atoms with van der Waals surface area (Å²) >= 11 is 0. The maximum atomic E-state index is 12.5. The molecule has 0 radical (unpaired) electrons. The van der Waals surface area contributed by atoms with Crippen LogP contribution in [0.15, 0.2) is 24.3 Å². The average molecular weight is 290 g/mol. The van der Waals surface area contributed by atoms with E-state index in [1.807, 2.05) is 43.0 Å². The van der Waals surface area contributed by atoms with E-state index in [0.717, 1.165) is 37.2 Å². The van der Waals surface area contributed by atoms with E-state index in [1.54, 1.807) is 0 Å². The Bertz CT molecular complexity index is 474. The minimum atomic E-state index is -0.0126. The minimum absolute atomic E-state index is 0.0126. The van der Waals surface area contributed by atoms with Crippen LogP contribution in [-0.4, -0.2) is 29.6 Å².